The molecule has 1 saturated heterocycles. The number of anilines is 1. The van der Waals surface area contributed by atoms with Crippen LogP contribution in [0.1, 0.15) is 20.3 Å². The molecule has 0 saturated carbocycles. The summed E-state index contributed by atoms with van der Waals surface area (Å²) >= 11 is 12.1. The van der Waals surface area contributed by atoms with E-state index in [0.29, 0.717) is 22.3 Å². The van der Waals surface area contributed by atoms with Crippen molar-refractivity contribution in [3.8, 4) is 0 Å². The number of nitrogens with one attached hydrogen (secondary N) is 2. The summed E-state index contributed by atoms with van der Waals surface area (Å²) in [5, 5.41) is 7.03. The average molecular weight is 301 g/mol. The highest BCUT2D eigenvalue weighted by atomic mass is 35.5. The van der Waals surface area contributed by atoms with Gasteiger partial charge in [0.25, 0.3) is 0 Å². The Morgan fingerprint density at radius 3 is 2.74 bits per heavy atom. The van der Waals surface area contributed by atoms with Gasteiger partial charge < -0.3 is 10.6 Å². The van der Waals surface area contributed by atoms with Crippen LogP contribution < -0.4 is 10.6 Å². The average Bonchev–Trinajstić information content (AvgIpc) is 2.85. The zero-order chi connectivity index (χ0) is 14.0. The molecule has 1 aliphatic rings. The van der Waals surface area contributed by atoms with Crippen molar-refractivity contribution in [1.29, 1.82) is 0 Å². The highest BCUT2D eigenvalue weighted by Gasteiger charge is 2.44. The Balaban J connectivity index is 2.23. The normalized spacial score (nSPS) is 22.8. The second-order valence-electron chi connectivity index (χ2n) is 5.29. The van der Waals surface area contributed by atoms with Crippen molar-refractivity contribution in [1.82, 2.24) is 5.32 Å². The van der Waals surface area contributed by atoms with Gasteiger partial charge in [-0.15, -0.1) is 0 Å². The molecular weight excluding hydrogens is 283 g/mol. The van der Waals surface area contributed by atoms with E-state index in [1.807, 2.05) is 0 Å². The first-order chi connectivity index (χ1) is 8.97. The maximum atomic E-state index is 12.6. The van der Waals surface area contributed by atoms with E-state index in [0.717, 1.165) is 13.0 Å². The Bertz CT molecular complexity index is 482. The van der Waals surface area contributed by atoms with E-state index in [2.05, 4.69) is 24.5 Å². The van der Waals surface area contributed by atoms with Crippen LogP contribution in [0.25, 0.3) is 0 Å². The van der Waals surface area contributed by atoms with E-state index in [-0.39, 0.29) is 17.2 Å². The zero-order valence-corrected chi connectivity index (χ0v) is 12.6. The van der Waals surface area contributed by atoms with Gasteiger partial charge in [0, 0.05) is 6.54 Å². The first kappa shape index (κ1) is 14.6. The molecule has 0 bridgehead atoms. The second-order valence-corrected chi connectivity index (χ2v) is 6.08. The van der Waals surface area contributed by atoms with Gasteiger partial charge in [0.15, 0.2) is 0 Å². The highest BCUT2D eigenvalue weighted by Crippen LogP contribution is 2.37. The summed E-state index contributed by atoms with van der Waals surface area (Å²) in [6, 6.07) is 5.25. The van der Waals surface area contributed by atoms with E-state index in [4.69, 9.17) is 23.2 Å². The van der Waals surface area contributed by atoms with E-state index >= 15 is 0 Å². The van der Waals surface area contributed by atoms with Gasteiger partial charge in [-0.25, -0.2) is 0 Å². The number of rotatable bonds is 3. The molecule has 0 radical (unpaired) electrons. The van der Waals surface area contributed by atoms with Crippen molar-refractivity contribution < 1.29 is 4.79 Å². The van der Waals surface area contributed by atoms with Crippen LogP contribution in [0.3, 0.4) is 0 Å². The first-order valence-electron chi connectivity index (χ1n) is 6.43. The second kappa shape index (κ2) is 5.70. The summed E-state index contributed by atoms with van der Waals surface area (Å²) in [4.78, 5) is 12.6. The maximum absolute atomic E-state index is 12.6. The number of halogens is 2. The molecule has 3 nitrogen and oxygen atoms in total. The Kier molecular flexibility index (Phi) is 4.39. The van der Waals surface area contributed by atoms with E-state index in [1.54, 1.807) is 18.2 Å². The summed E-state index contributed by atoms with van der Waals surface area (Å²) < 4.78 is 0. The molecule has 19 heavy (non-hydrogen) atoms. The molecule has 1 aliphatic heterocycles. The van der Waals surface area contributed by atoms with Crippen molar-refractivity contribution in [3.63, 3.8) is 0 Å². The summed E-state index contributed by atoms with van der Waals surface area (Å²) in [5.41, 5.74) is 0.206. The molecule has 2 rings (SSSR count). The number of amides is 1. The molecule has 0 aliphatic carbocycles. The van der Waals surface area contributed by atoms with Crippen molar-refractivity contribution in [3.05, 3.63) is 28.2 Å². The number of hydrogen-bond acceptors (Lipinski definition) is 2. The predicted molar refractivity (Wildman–Crippen MR) is 79.8 cm³/mol. The molecule has 104 valence electrons. The predicted octanol–water partition coefficient (Wildman–Crippen LogP) is 3.57. The van der Waals surface area contributed by atoms with E-state index in [1.165, 1.54) is 0 Å². The van der Waals surface area contributed by atoms with Gasteiger partial charge in [0.1, 0.15) is 0 Å². The van der Waals surface area contributed by atoms with Gasteiger partial charge in [-0.2, -0.15) is 0 Å². The lowest BCUT2D eigenvalue weighted by Gasteiger charge is -2.31. The Morgan fingerprint density at radius 1 is 1.42 bits per heavy atom. The van der Waals surface area contributed by atoms with Gasteiger partial charge in [0.2, 0.25) is 5.91 Å². The topological polar surface area (TPSA) is 41.1 Å². The fraction of sp³-hybridized carbons (Fsp3) is 0.500. The van der Waals surface area contributed by atoms with E-state index < -0.39 is 0 Å². The quantitative estimate of drug-likeness (QED) is 0.896. The van der Waals surface area contributed by atoms with Crippen LogP contribution in [-0.4, -0.2) is 19.0 Å². The van der Waals surface area contributed by atoms with Gasteiger partial charge in [-0.1, -0.05) is 43.1 Å². The zero-order valence-electron chi connectivity index (χ0n) is 11.1. The molecule has 1 aromatic carbocycles. The van der Waals surface area contributed by atoms with Crippen molar-refractivity contribution in [2.75, 3.05) is 18.4 Å². The first-order valence-corrected chi connectivity index (χ1v) is 7.19. The van der Waals surface area contributed by atoms with Crippen LogP contribution in [0, 0.1) is 11.3 Å². The highest BCUT2D eigenvalue weighted by molar-refractivity contribution is 6.44. The van der Waals surface area contributed by atoms with Crippen LogP contribution >= 0.6 is 23.2 Å². The summed E-state index contributed by atoms with van der Waals surface area (Å²) in [6.45, 7) is 5.72. The molecule has 1 atom stereocenters. The monoisotopic (exact) mass is 300 g/mol. The third kappa shape index (κ3) is 2.73. The number of carbonyl (C=O) groups is 1. The third-order valence-corrected chi connectivity index (χ3v) is 4.76. The molecule has 0 aromatic heterocycles. The van der Waals surface area contributed by atoms with Gasteiger partial charge in [0.05, 0.1) is 21.1 Å². The minimum atomic E-state index is -0.369. The summed E-state index contributed by atoms with van der Waals surface area (Å²) in [5.74, 6) is 0.275. The molecule has 0 spiro atoms. The van der Waals surface area contributed by atoms with Crippen molar-refractivity contribution >= 4 is 34.8 Å². The maximum Gasteiger partial charge on any atom is 0.232 e. The Morgan fingerprint density at radius 2 is 2.16 bits per heavy atom. The molecule has 1 heterocycles. The minimum absolute atomic E-state index is 0.0108. The summed E-state index contributed by atoms with van der Waals surface area (Å²) in [6.07, 6.45) is 0.842. The lowest BCUT2D eigenvalue weighted by molar-refractivity contribution is -0.126. The van der Waals surface area contributed by atoms with Gasteiger partial charge in [-0.05, 0) is 31.0 Å². The third-order valence-electron chi connectivity index (χ3n) is 3.95. The molecule has 5 heteroatoms. The van der Waals surface area contributed by atoms with E-state index in [9.17, 15) is 4.79 Å². The molecular formula is C14H18Cl2N2O. The molecule has 1 fully saturated rings. The largest absolute Gasteiger partial charge is 0.324 e. The Labute approximate surface area is 123 Å². The number of carbonyl (C=O) groups excluding carboxylic acids is 1. The number of hydrogen-bond donors (Lipinski definition) is 2. The molecule has 1 unspecified atom stereocenters. The van der Waals surface area contributed by atoms with Gasteiger partial charge in [-0.3, -0.25) is 4.79 Å². The van der Waals surface area contributed by atoms with Crippen LogP contribution in [0.5, 0.6) is 0 Å². The SMILES string of the molecule is CC(C)C1(C(=O)Nc2cccc(Cl)c2Cl)CCNC1. The lowest BCUT2D eigenvalue weighted by atomic mass is 9.75. The van der Waals surface area contributed by atoms with Crippen LogP contribution in [0.2, 0.25) is 10.0 Å². The van der Waals surface area contributed by atoms with Crippen molar-refractivity contribution in [2.45, 2.75) is 20.3 Å². The molecule has 1 amide bonds. The Hall–Kier alpha value is -0.770. The number of benzene rings is 1. The fourth-order valence-corrected chi connectivity index (χ4v) is 2.85. The molecule has 1 aromatic rings. The van der Waals surface area contributed by atoms with Crippen LogP contribution in [-0.2, 0) is 4.79 Å². The van der Waals surface area contributed by atoms with Crippen LogP contribution in [0.4, 0.5) is 5.69 Å². The van der Waals surface area contributed by atoms with Crippen LogP contribution in [0.15, 0.2) is 18.2 Å². The van der Waals surface area contributed by atoms with Crippen molar-refractivity contribution in [2.24, 2.45) is 11.3 Å². The minimum Gasteiger partial charge on any atom is -0.324 e. The summed E-state index contributed by atoms with van der Waals surface area (Å²) in [7, 11) is 0. The van der Waals surface area contributed by atoms with Gasteiger partial charge >= 0.3 is 0 Å². The standard InChI is InChI=1S/C14H18Cl2N2O/c1-9(2)14(6-7-17-8-14)13(19)18-11-5-3-4-10(15)12(11)16/h3-5,9,17H,6-8H2,1-2H3,(H,18,19). The smallest absolute Gasteiger partial charge is 0.232 e. The molecule has 2 N–H and O–H groups in total. The lowest BCUT2D eigenvalue weighted by Crippen LogP contribution is -2.42. The fourth-order valence-electron chi connectivity index (χ4n) is 2.51.